The van der Waals surface area contributed by atoms with Crippen molar-refractivity contribution >= 4 is 27.7 Å². The molecule has 0 aliphatic carbocycles. The SMILES string of the molecule is O=C(NC1CCN(C(=O)c2ccco2)CC1)c1ccc(Br)cc1F. The number of furan rings is 1. The third-order valence-electron chi connectivity index (χ3n) is 4.03. The molecule has 1 N–H and O–H groups in total. The summed E-state index contributed by atoms with van der Waals surface area (Å²) in [6.45, 7) is 1.04. The van der Waals surface area contributed by atoms with Crippen molar-refractivity contribution in [3.63, 3.8) is 0 Å². The van der Waals surface area contributed by atoms with E-state index >= 15 is 0 Å². The third-order valence-corrected chi connectivity index (χ3v) is 4.52. The largest absolute Gasteiger partial charge is 0.459 e. The molecule has 24 heavy (non-hydrogen) atoms. The normalized spacial score (nSPS) is 15.3. The molecule has 1 aromatic heterocycles. The van der Waals surface area contributed by atoms with E-state index < -0.39 is 11.7 Å². The molecule has 1 aromatic carbocycles. The Labute approximate surface area is 146 Å². The molecule has 0 bridgehead atoms. The highest BCUT2D eigenvalue weighted by Crippen LogP contribution is 2.17. The van der Waals surface area contributed by atoms with E-state index in [1.807, 2.05) is 0 Å². The lowest BCUT2D eigenvalue weighted by molar-refractivity contribution is 0.0667. The molecule has 0 spiro atoms. The number of carbonyl (C=O) groups is 2. The van der Waals surface area contributed by atoms with E-state index in [-0.39, 0.29) is 17.5 Å². The molecule has 2 heterocycles. The molecule has 0 radical (unpaired) electrons. The molecule has 1 saturated heterocycles. The van der Waals surface area contributed by atoms with Crippen molar-refractivity contribution in [1.82, 2.24) is 10.2 Å². The number of rotatable bonds is 3. The Morgan fingerprint density at radius 3 is 2.62 bits per heavy atom. The lowest BCUT2D eigenvalue weighted by Crippen LogP contribution is -2.46. The van der Waals surface area contributed by atoms with E-state index in [0.29, 0.717) is 36.2 Å². The summed E-state index contributed by atoms with van der Waals surface area (Å²) in [6, 6.07) is 7.56. The molecule has 126 valence electrons. The number of amides is 2. The third kappa shape index (κ3) is 3.67. The van der Waals surface area contributed by atoms with Gasteiger partial charge in [0.1, 0.15) is 5.82 Å². The highest BCUT2D eigenvalue weighted by atomic mass is 79.9. The lowest BCUT2D eigenvalue weighted by atomic mass is 10.0. The number of benzene rings is 1. The van der Waals surface area contributed by atoms with Crippen LogP contribution < -0.4 is 5.32 Å². The predicted octanol–water partition coefficient (Wildman–Crippen LogP) is 3.22. The van der Waals surface area contributed by atoms with Gasteiger partial charge in [0.05, 0.1) is 11.8 Å². The van der Waals surface area contributed by atoms with Crippen LogP contribution in [0.1, 0.15) is 33.8 Å². The summed E-state index contributed by atoms with van der Waals surface area (Å²) in [7, 11) is 0. The maximum atomic E-state index is 13.8. The number of hydrogen-bond acceptors (Lipinski definition) is 3. The molecule has 2 aromatic rings. The molecule has 0 atom stereocenters. The van der Waals surface area contributed by atoms with Gasteiger partial charge in [-0.3, -0.25) is 9.59 Å². The van der Waals surface area contributed by atoms with Gasteiger partial charge >= 0.3 is 0 Å². The van der Waals surface area contributed by atoms with Crippen molar-refractivity contribution in [2.24, 2.45) is 0 Å². The quantitative estimate of drug-likeness (QED) is 0.868. The predicted molar refractivity (Wildman–Crippen MR) is 89.2 cm³/mol. The molecule has 5 nitrogen and oxygen atoms in total. The fourth-order valence-electron chi connectivity index (χ4n) is 2.72. The van der Waals surface area contributed by atoms with Gasteiger partial charge in [0, 0.05) is 23.6 Å². The Kier molecular flexibility index (Phi) is 4.99. The molecule has 0 saturated carbocycles. The minimum Gasteiger partial charge on any atom is -0.459 e. The second kappa shape index (κ2) is 7.17. The van der Waals surface area contributed by atoms with Gasteiger partial charge in [0.15, 0.2) is 5.76 Å². The van der Waals surface area contributed by atoms with Crippen molar-refractivity contribution < 1.29 is 18.4 Å². The van der Waals surface area contributed by atoms with Gasteiger partial charge in [0.2, 0.25) is 0 Å². The van der Waals surface area contributed by atoms with Crippen LogP contribution in [-0.4, -0.2) is 35.8 Å². The highest BCUT2D eigenvalue weighted by molar-refractivity contribution is 9.10. The van der Waals surface area contributed by atoms with Gasteiger partial charge in [-0.1, -0.05) is 15.9 Å². The summed E-state index contributed by atoms with van der Waals surface area (Å²) < 4.78 is 19.5. The number of carbonyl (C=O) groups excluding carboxylic acids is 2. The van der Waals surface area contributed by atoms with Crippen LogP contribution in [0.15, 0.2) is 45.5 Å². The molecule has 1 aliphatic heterocycles. The van der Waals surface area contributed by atoms with Gasteiger partial charge in [-0.05, 0) is 43.2 Å². The number of nitrogens with zero attached hydrogens (tertiary/aromatic N) is 1. The van der Waals surface area contributed by atoms with E-state index in [0.717, 1.165) is 0 Å². The number of halogens is 2. The fraction of sp³-hybridized carbons (Fsp3) is 0.294. The highest BCUT2D eigenvalue weighted by Gasteiger charge is 2.26. The van der Waals surface area contributed by atoms with Crippen molar-refractivity contribution in [1.29, 1.82) is 0 Å². The minimum atomic E-state index is -0.563. The van der Waals surface area contributed by atoms with Crippen LogP contribution in [0.5, 0.6) is 0 Å². The minimum absolute atomic E-state index is 0.0206. The molecule has 0 unspecified atom stereocenters. The standard InChI is InChI=1S/C17H16BrFN2O3/c18-11-3-4-13(14(19)10-11)16(22)20-12-5-7-21(8-6-12)17(23)15-2-1-9-24-15/h1-4,9-10,12H,5-8H2,(H,20,22). The van der Waals surface area contributed by atoms with Crippen LogP contribution in [0, 0.1) is 5.82 Å². The number of hydrogen-bond donors (Lipinski definition) is 1. The molecule has 3 rings (SSSR count). The Morgan fingerprint density at radius 1 is 1.25 bits per heavy atom. The summed E-state index contributed by atoms with van der Waals surface area (Å²) in [5.74, 6) is -0.832. The monoisotopic (exact) mass is 394 g/mol. The first-order valence-electron chi connectivity index (χ1n) is 7.63. The molecule has 1 aliphatic rings. The van der Waals surface area contributed by atoms with Gasteiger partial charge in [-0.2, -0.15) is 0 Å². The summed E-state index contributed by atoms with van der Waals surface area (Å²) in [5.41, 5.74) is 0.0206. The van der Waals surface area contributed by atoms with Crippen LogP contribution in [0.4, 0.5) is 4.39 Å². The topological polar surface area (TPSA) is 62.6 Å². The summed E-state index contributed by atoms with van der Waals surface area (Å²) in [6.07, 6.45) is 2.71. The van der Waals surface area contributed by atoms with Crippen LogP contribution in [-0.2, 0) is 0 Å². The van der Waals surface area contributed by atoms with Crippen molar-refractivity contribution in [3.8, 4) is 0 Å². The Balaban J connectivity index is 1.55. The van der Waals surface area contributed by atoms with Gasteiger partial charge < -0.3 is 14.6 Å². The van der Waals surface area contributed by atoms with Crippen LogP contribution >= 0.6 is 15.9 Å². The summed E-state index contributed by atoms with van der Waals surface area (Å²) in [5, 5.41) is 2.83. The second-order valence-corrected chi connectivity index (χ2v) is 6.56. The van der Waals surface area contributed by atoms with E-state index in [1.165, 1.54) is 18.4 Å². The van der Waals surface area contributed by atoms with Crippen molar-refractivity contribution in [2.75, 3.05) is 13.1 Å². The van der Waals surface area contributed by atoms with Gasteiger partial charge in [-0.15, -0.1) is 0 Å². The molecular formula is C17H16BrFN2O3. The van der Waals surface area contributed by atoms with Crippen LogP contribution in [0.3, 0.4) is 0 Å². The molecular weight excluding hydrogens is 379 g/mol. The van der Waals surface area contributed by atoms with E-state index in [9.17, 15) is 14.0 Å². The van der Waals surface area contributed by atoms with Crippen LogP contribution in [0.2, 0.25) is 0 Å². The zero-order valence-electron chi connectivity index (χ0n) is 12.8. The number of piperidine rings is 1. The zero-order valence-corrected chi connectivity index (χ0v) is 14.4. The van der Waals surface area contributed by atoms with E-state index in [1.54, 1.807) is 23.1 Å². The average molecular weight is 395 g/mol. The smallest absolute Gasteiger partial charge is 0.289 e. The van der Waals surface area contributed by atoms with E-state index in [2.05, 4.69) is 21.2 Å². The molecule has 1 fully saturated rings. The van der Waals surface area contributed by atoms with E-state index in [4.69, 9.17) is 4.42 Å². The zero-order chi connectivity index (χ0) is 17.1. The number of likely N-dealkylation sites (tertiary alicyclic amines) is 1. The Morgan fingerprint density at radius 2 is 2.00 bits per heavy atom. The molecule has 7 heteroatoms. The van der Waals surface area contributed by atoms with Crippen molar-refractivity contribution in [2.45, 2.75) is 18.9 Å². The molecule has 2 amide bonds. The lowest BCUT2D eigenvalue weighted by Gasteiger charge is -2.31. The van der Waals surface area contributed by atoms with Gasteiger partial charge in [-0.25, -0.2) is 4.39 Å². The fourth-order valence-corrected chi connectivity index (χ4v) is 3.05. The first-order valence-corrected chi connectivity index (χ1v) is 8.42. The Hall–Kier alpha value is -2.15. The Bertz CT molecular complexity index is 740. The number of nitrogens with one attached hydrogen (secondary N) is 1. The summed E-state index contributed by atoms with van der Waals surface area (Å²) >= 11 is 3.16. The maximum Gasteiger partial charge on any atom is 0.289 e. The second-order valence-electron chi connectivity index (χ2n) is 5.64. The first-order chi connectivity index (χ1) is 11.5. The van der Waals surface area contributed by atoms with Crippen molar-refractivity contribution in [3.05, 3.63) is 58.2 Å². The average Bonchev–Trinajstić information content (AvgIpc) is 3.09. The van der Waals surface area contributed by atoms with Crippen LogP contribution in [0.25, 0.3) is 0 Å². The first kappa shape index (κ1) is 16.7. The van der Waals surface area contributed by atoms with Gasteiger partial charge in [0.25, 0.3) is 11.8 Å². The summed E-state index contributed by atoms with van der Waals surface area (Å²) in [4.78, 5) is 26.1. The maximum absolute atomic E-state index is 13.8.